The van der Waals surface area contributed by atoms with Crippen LogP contribution in [0, 0.1) is 53.3 Å². The number of esters is 1. The number of unbranched alkanes of at least 4 members (excludes halogenated alkanes) is 1. The van der Waals surface area contributed by atoms with Crippen molar-refractivity contribution in [2.45, 2.75) is 144 Å². The summed E-state index contributed by atoms with van der Waals surface area (Å²) < 4.78 is 40.6. The molecule has 3 rings (SSSR count). The van der Waals surface area contributed by atoms with Crippen molar-refractivity contribution in [1.29, 1.82) is 0 Å². The standard InChI is InChI=1S/C57H92BrNO9/c1-39(2)46(33-44-21-23-51(63-12)54(35-44)66-30-17-16-28-62-11)19-14-15-20-48(41(5)6)56(60)59(10)27-25-43(9)26-32-65-29-18-31-67-55-36-45(22-24-52(55)64-13)34-47(40(3)4)37-50(58)53-38-49(42(7)8)57(61)68-53/h14-15,21-24,35-36,39-43,46-50,53H,16-20,25-34,37-38H2,1-13H3. The largest absolute Gasteiger partial charge is 0.493 e. The minimum absolute atomic E-state index is 0.0162. The molecule has 0 aromatic heterocycles. The van der Waals surface area contributed by atoms with Gasteiger partial charge in [0.15, 0.2) is 23.0 Å². The number of allylic oxidation sites excluding steroid dienone is 2. The van der Waals surface area contributed by atoms with Gasteiger partial charge in [0.1, 0.15) is 6.10 Å². The number of carbonyl (C=O) groups excluding carboxylic acids is 2. The van der Waals surface area contributed by atoms with Gasteiger partial charge in [-0.3, -0.25) is 9.59 Å². The molecule has 0 aliphatic carbocycles. The predicted octanol–water partition coefficient (Wildman–Crippen LogP) is 12.8. The van der Waals surface area contributed by atoms with E-state index in [4.69, 9.17) is 33.2 Å². The maximum absolute atomic E-state index is 13.7. The van der Waals surface area contributed by atoms with Crippen molar-refractivity contribution >= 4 is 27.8 Å². The van der Waals surface area contributed by atoms with Crippen molar-refractivity contribution in [3.05, 3.63) is 59.7 Å². The predicted molar refractivity (Wildman–Crippen MR) is 280 cm³/mol. The molecule has 1 fully saturated rings. The monoisotopic (exact) mass is 1010 g/mol. The van der Waals surface area contributed by atoms with Crippen molar-refractivity contribution in [2.75, 3.05) is 68.0 Å². The molecule has 1 saturated heterocycles. The van der Waals surface area contributed by atoms with Gasteiger partial charge in [0.05, 0.1) is 38.2 Å². The van der Waals surface area contributed by atoms with Gasteiger partial charge in [-0.2, -0.15) is 0 Å². The number of nitrogens with zero attached hydrogens (tertiary/aromatic N) is 1. The summed E-state index contributed by atoms with van der Waals surface area (Å²) in [6.07, 6.45) is 14.3. The van der Waals surface area contributed by atoms with Crippen LogP contribution in [0.5, 0.6) is 23.0 Å². The molecule has 1 amide bonds. The third-order valence-corrected chi connectivity index (χ3v) is 15.0. The van der Waals surface area contributed by atoms with Crippen LogP contribution in [0.4, 0.5) is 0 Å². The first-order chi connectivity index (χ1) is 32.5. The molecule has 11 heteroatoms. The van der Waals surface area contributed by atoms with Gasteiger partial charge >= 0.3 is 5.97 Å². The molecule has 1 aliphatic rings. The average Bonchev–Trinajstić information content (AvgIpc) is 3.71. The molecule has 0 bridgehead atoms. The lowest BCUT2D eigenvalue weighted by Crippen LogP contribution is -2.36. The van der Waals surface area contributed by atoms with Gasteiger partial charge < -0.3 is 38.1 Å². The highest BCUT2D eigenvalue weighted by Gasteiger charge is 2.40. The summed E-state index contributed by atoms with van der Waals surface area (Å²) in [6, 6.07) is 12.5. The number of ether oxygens (including phenoxy) is 7. The maximum Gasteiger partial charge on any atom is 0.309 e. The topological polar surface area (TPSA) is 102 Å². The lowest BCUT2D eigenvalue weighted by Gasteiger charge is -2.27. The van der Waals surface area contributed by atoms with E-state index in [0.29, 0.717) is 56.0 Å². The third-order valence-electron chi connectivity index (χ3n) is 14.0. The zero-order valence-corrected chi connectivity index (χ0v) is 46.1. The normalized spacial score (nSPS) is 17.5. The molecule has 386 valence electrons. The first-order valence-electron chi connectivity index (χ1n) is 25.9. The number of halogens is 1. The summed E-state index contributed by atoms with van der Waals surface area (Å²) in [5.41, 5.74) is 2.45. The highest BCUT2D eigenvalue weighted by atomic mass is 79.9. The SMILES string of the molecule is COCCCCOc1cc(CC(CC=CCC(C(=O)N(C)CCC(C)CCOCCCOc2cc(CC(CC(Br)C3CC(C(C)C)C(=O)O3)C(C)C)ccc2OC)C(C)C)C(C)C)ccc1OC. The highest BCUT2D eigenvalue weighted by molar-refractivity contribution is 9.09. The van der Waals surface area contributed by atoms with E-state index < -0.39 is 0 Å². The molecule has 1 aliphatic heterocycles. The molecule has 7 atom stereocenters. The number of cyclic esters (lactones) is 1. The highest BCUT2D eigenvalue weighted by Crippen LogP contribution is 2.37. The van der Waals surface area contributed by atoms with Crippen LogP contribution in [0.1, 0.15) is 131 Å². The number of rotatable bonds is 35. The van der Waals surface area contributed by atoms with Crippen LogP contribution in [0.25, 0.3) is 0 Å². The van der Waals surface area contributed by atoms with E-state index in [1.54, 1.807) is 21.3 Å². The van der Waals surface area contributed by atoms with Crippen LogP contribution >= 0.6 is 15.9 Å². The molecule has 7 unspecified atom stereocenters. The molecule has 1 heterocycles. The van der Waals surface area contributed by atoms with Gasteiger partial charge in [0, 0.05) is 52.9 Å². The molecule has 0 N–H and O–H groups in total. The van der Waals surface area contributed by atoms with Gasteiger partial charge in [0.2, 0.25) is 5.91 Å². The molecule has 0 radical (unpaired) electrons. The fourth-order valence-electron chi connectivity index (χ4n) is 8.93. The number of alkyl halides is 1. The molecule has 0 spiro atoms. The number of hydrogen-bond donors (Lipinski definition) is 0. The molecular weight excluding hydrogens is 923 g/mol. The van der Waals surface area contributed by atoms with Crippen LogP contribution in [-0.4, -0.2) is 95.7 Å². The molecular formula is C57H92BrNO9. The van der Waals surface area contributed by atoms with E-state index in [1.807, 2.05) is 24.1 Å². The van der Waals surface area contributed by atoms with E-state index in [0.717, 1.165) is 107 Å². The summed E-state index contributed by atoms with van der Waals surface area (Å²) in [7, 11) is 7.04. The Morgan fingerprint density at radius 2 is 1.29 bits per heavy atom. The van der Waals surface area contributed by atoms with E-state index in [-0.39, 0.29) is 46.5 Å². The lowest BCUT2D eigenvalue weighted by atomic mass is 9.83. The number of amides is 1. The number of carbonyl (C=O) groups is 2. The number of benzene rings is 2. The summed E-state index contributed by atoms with van der Waals surface area (Å²) in [6.45, 7) is 23.8. The minimum Gasteiger partial charge on any atom is -0.493 e. The Labute approximate surface area is 421 Å². The first-order valence-corrected chi connectivity index (χ1v) is 26.8. The van der Waals surface area contributed by atoms with Crippen LogP contribution in [0.15, 0.2) is 48.6 Å². The van der Waals surface area contributed by atoms with E-state index in [1.165, 1.54) is 11.1 Å². The Bertz CT molecular complexity index is 1760. The van der Waals surface area contributed by atoms with Crippen molar-refractivity contribution in [3.63, 3.8) is 0 Å². The zero-order chi connectivity index (χ0) is 50.2. The molecule has 0 saturated carbocycles. The molecule has 2 aromatic rings. The van der Waals surface area contributed by atoms with Gasteiger partial charge in [-0.1, -0.05) is 103 Å². The number of hydrogen-bond acceptors (Lipinski definition) is 9. The van der Waals surface area contributed by atoms with Crippen LogP contribution < -0.4 is 18.9 Å². The van der Waals surface area contributed by atoms with Crippen molar-refractivity contribution in [1.82, 2.24) is 4.90 Å². The summed E-state index contributed by atoms with van der Waals surface area (Å²) >= 11 is 3.90. The number of methoxy groups -OCH3 is 3. The Morgan fingerprint density at radius 3 is 1.84 bits per heavy atom. The lowest BCUT2D eigenvalue weighted by molar-refractivity contribution is -0.145. The maximum atomic E-state index is 13.7. The summed E-state index contributed by atoms with van der Waals surface area (Å²) in [5.74, 6) is 5.96. The Kier molecular flexibility index (Phi) is 27.6. The minimum atomic E-state index is -0.0822. The van der Waals surface area contributed by atoms with Crippen molar-refractivity contribution < 1.29 is 42.7 Å². The fraction of sp³-hybridized carbons (Fsp3) is 0.719. The second-order valence-corrected chi connectivity index (χ2v) is 22.0. The van der Waals surface area contributed by atoms with Crippen molar-refractivity contribution in [2.24, 2.45) is 53.3 Å². The van der Waals surface area contributed by atoms with Crippen LogP contribution in [0.3, 0.4) is 0 Å². The Morgan fingerprint density at radius 1 is 0.721 bits per heavy atom. The van der Waals surface area contributed by atoms with E-state index in [2.05, 4.69) is 115 Å². The Hall–Kier alpha value is -3.28. The van der Waals surface area contributed by atoms with Crippen LogP contribution in [-0.2, 0) is 36.6 Å². The van der Waals surface area contributed by atoms with Crippen molar-refractivity contribution in [3.8, 4) is 23.0 Å². The summed E-state index contributed by atoms with van der Waals surface area (Å²) in [4.78, 5) is 28.2. The molecule has 68 heavy (non-hydrogen) atoms. The van der Waals surface area contributed by atoms with Gasteiger partial charge in [-0.05, 0) is 141 Å². The molecule has 2 aromatic carbocycles. The smallest absolute Gasteiger partial charge is 0.309 e. The zero-order valence-electron chi connectivity index (χ0n) is 44.5. The van der Waals surface area contributed by atoms with Gasteiger partial charge in [-0.25, -0.2) is 0 Å². The average molecular weight is 1020 g/mol. The third kappa shape index (κ3) is 20.6. The van der Waals surface area contributed by atoms with E-state index >= 15 is 0 Å². The molecule has 10 nitrogen and oxygen atoms in total. The Balaban J connectivity index is 1.38. The fourth-order valence-corrected chi connectivity index (χ4v) is 9.74. The summed E-state index contributed by atoms with van der Waals surface area (Å²) in [5, 5.41) is 0. The second kappa shape index (κ2) is 31.8. The van der Waals surface area contributed by atoms with Gasteiger partial charge in [-0.15, -0.1) is 0 Å². The quantitative estimate of drug-likeness (QED) is 0.0289. The second-order valence-electron chi connectivity index (χ2n) is 20.8. The first kappa shape index (κ1) is 59.0. The van der Waals surface area contributed by atoms with Gasteiger partial charge in [0.25, 0.3) is 0 Å². The van der Waals surface area contributed by atoms with E-state index in [9.17, 15) is 9.59 Å². The van der Waals surface area contributed by atoms with Crippen LogP contribution in [0.2, 0.25) is 0 Å².